The SMILES string of the molecule is CN[C@@H](C)C(=O)N[C@H]1CCCC[C@H]2CC[C@@H](C(=O)N[C@H](c3ccccc3)c3cn(CCCCCCc4ccc(CCCCCCn5cc([C@@H](NC(=O)[C@@H]6CC[C@@H]7CCCC[C@H](NC(=O)[C@H](C)NC)C(=O)N76)c6ccccc6)nn5)cc4)nn3)N2C1=O. The van der Waals surface area contributed by atoms with Crippen LogP contribution in [0.1, 0.15) is 188 Å². The van der Waals surface area contributed by atoms with Crippen molar-refractivity contribution in [1.82, 2.24) is 71.7 Å². The molecule has 0 radical (unpaired) electrons. The lowest BCUT2D eigenvalue weighted by molar-refractivity contribution is -0.144. The van der Waals surface area contributed by atoms with Gasteiger partial charge in [0.25, 0.3) is 0 Å². The molecule has 0 spiro atoms. The molecule has 2 aromatic heterocycles. The predicted molar refractivity (Wildman–Crippen MR) is 329 cm³/mol. The summed E-state index contributed by atoms with van der Waals surface area (Å²) >= 11 is 0. The van der Waals surface area contributed by atoms with Gasteiger partial charge in [0, 0.05) is 25.2 Å². The molecule has 4 saturated heterocycles. The summed E-state index contributed by atoms with van der Waals surface area (Å²) in [7, 11) is 3.43. The molecule has 10 atom stereocenters. The van der Waals surface area contributed by atoms with E-state index in [1.165, 1.54) is 11.1 Å². The maximum Gasteiger partial charge on any atom is 0.246 e. The summed E-state index contributed by atoms with van der Waals surface area (Å²) in [6.45, 7) is 4.97. The van der Waals surface area contributed by atoms with E-state index >= 15 is 0 Å². The second kappa shape index (κ2) is 31.4. The zero-order valence-electron chi connectivity index (χ0n) is 51.0. The van der Waals surface area contributed by atoms with Crippen molar-refractivity contribution >= 4 is 35.4 Å². The van der Waals surface area contributed by atoms with Crippen LogP contribution in [0.25, 0.3) is 0 Å². The van der Waals surface area contributed by atoms with Crippen molar-refractivity contribution in [3.05, 3.63) is 131 Å². The van der Waals surface area contributed by atoms with Gasteiger partial charge in [0.15, 0.2) is 0 Å². The van der Waals surface area contributed by atoms with Gasteiger partial charge >= 0.3 is 0 Å². The molecule has 3 aromatic carbocycles. The summed E-state index contributed by atoms with van der Waals surface area (Å²) < 4.78 is 3.73. The van der Waals surface area contributed by atoms with E-state index in [0.717, 1.165) is 140 Å². The molecule has 5 aromatic rings. The number of aryl methyl sites for hydroxylation is 4. The van der Waals surface area contributed by atoms with Crippen molar-refractivity contribution in [1.29, 1.82) is 0 Å². The first-order chi connectivity index (χ1) is 41.9. The highest BCUT2D eigenvalue weighted by Crippen LogP contribution is 2.35. The molecule has 0 saturated carbocycles. The standard InChI is InChI=1S/C66H92N14O6/c1-45(67-3)61(81)69-53-31-19-17-29-51-37-39-57(79(51)65(53)85)63(83)71-59(49-25-13-9-14-26-49)55-43-77(75-73-55)41-21-7-5-11-23-47-33-35-48(36-34-47)24-12-6-8-22-42-78-44-56(74-76-78)60(50-27-15-10-16-28-50)72-64(84)58-40-38-52-30-18-20-32-54(66(86)80(52)58)70-62(82)46(2)68-4/h9-10,13-16,25-28,33-36,43-46,51-54,57-60,67-68H,5-8,11-12,17-24,29-32,37-42H2,1-4H3,(H,69,81)(H,70,82)(H,71,83)(H,72,84)/t45-,46-,51-,52-,53-,54-,57-,58-,59-,60+/m0/s1. The van der Waals surface area contributed by atoms with E-state index in [0.29, 0.717) is 37.1 Å². The number of likely N-dealkylation sites (N-methyl/N-ethyl adjacent to an activating group) is 2. The highest BCUT2D eigenvalue weighted by Gasteiger charge is 2.46. The number of amides is 6. The minimum absolute atomic E-state index is 0.0378. The van der Waals surface area contributed by atoms with Gasteiger partial charge < -0.3 is 41.7 Å². The van der Waals surface area contributed by atoms with Crippen molar-refractivity contribution in [2.24, 2.45) is 0 Å². The number of rotatable bonds is 28. The fourth-order valence-corrected chi connectivity index (χ4v) is 13.0. The number of aromatic nitrogens is 6. The molecule has 6 heterocycles. The summed E-state index contributed by atoms with van der Waals surface area (Å²) in [6, 6.07) is 24.0. The van der Waals surface area contributed by atoms with E-state index in [4.69, 9.17) is 0 Å². The van der Waals surface area contributed by atoms with E-state index in [9.17, 15) is 28.8 Å². The lowest BCUT2D eigenvalue weighted by Gasteiger charge is -2.36. The van der Waals surface area contributed by atoms with E-state index in [2.05, 4.69) is 76.8 Å². The molecular weight excluding hydrogens is 1080 g/mol. The van der Waals surface area contributed by atoms with Gasteiger partial charge in [-0.2, -0.15) is 0 Å². The number of carbonyl (C=O) groups excluding carboxylic acids is 6. The van der Waals surface area contributed by atoms with Crippen LogP contribution in [0.15, 0.2) is 97.3 Å². The molecule has 0 aliphatic carbocycles. The van der Waals surface area contributed by atoms with Crippen LogP contribution < -0.4 is 31.9 Å². The van der Waals surface area contributed by atoms with Gasteiger partial charge in [-0.15, -0.1) is 10.2 Å². The first kappa shape index (κ1) is 63.2. The number of nitrogens with one attached hydrogen (secondary N) is 6. The highest BCUT2D eigenvalue weighted by atomic mass is 16.2. The van der Waals surface area contributed by atoms with Crippen LogP contribution >= 0.6 is 0 Å². The van der Waals surface area contributed by atoms with Crippen molar-refractivity contribution in [2.75, 3.05) is 14.1 Å². The molecule has 4 aliphatic heterocycles. The number of fused-ring (bicyclic) bond motifs is 2. The first-order valence-corrected chi connectivity index (χ1v) is 32.1. The van der Waals surface area contributed by atoms with Gasteiger partial charge in [0.2, 0.25) is 35.4 Å². The largest absolute Gasteiger partial charge is 0.343 e. The molecule has 0 bridgehead atoms. The number of benzene rings is 3. The minimum Gasteiger partial charge on any atom is -0.343 e. The van der Waals surface area contributed by atoms with Crippen LogP contribution in [0.2, 0.25) is 0 Å². The van der Waals surface area contributed by atoms with Crippen molar-refractivity contribution in [3.63, 3.8) is 0 Å². The van der Waals surface area contributed by atoms with E-state index in [1.807, 2.05) is 82.4 Å². The van der Waals surface area contributed by atoms with Crippen molar-refractivity contribution < 1.29 is 28.8 Å². The molecule has 20 nitrogen and oxygen atoms in total. The monoisotopic (exact) mass is 1180 g/mol. The lowest BCUT2D eigenvalue weighted by atomic mass is 9.98. The Kier molecular flexibility index (Phi) is 23.0. The van der Waals surface area contributed by atoms with Crippen LogP contribution in [0.4, 0.5) is 0 Å². The molecule has 9 rings (SSSR count). The number of carbonyl (C=O) groups is 6. The summed E-state index contributed by atoms with van der Waals surface area (Å²) in [6.07, 6.45) is 23.3. The molecule has 20 heteroatoms. The zero-order chi connectivity index (χ0) is 60.4. The fraction of sp³-hybridized carbons (Fsp3) is 0.576. The van der Waals surface area contributed by atoms with Crippen molar-refractivity contribution in [3.8, 4) is 0 Å². The maximum atomic E-state index is 14.3. The molecule has 6 amide bonds. The average molecular weight is 1180 g/mol. The Hall–Kier alpha value is -7.32. The molecule has 4 fully saturated rings. The Labute approximate surface area is 507 Å². The normalized spacial score (nSPS) is 22.0. The van der Waals surface area contributed by atoms with Crippen LogP contribution in [0.3, 0.4) is 0 Å². The van der Waals surface area contributed by atoms with E-state index in [1.54, 1.807) is 37.7 Å². The maximum absolute atomic E-state index is 14.3. The van der Waals surface area contributed by atoms with Crippen LogP contribution in [-0.4, -0.2) is 138 Å². The second-order valence-corrected chi connectivity index (χ2v) is 24.4. The fourth-order valence-electron chi connectivity index (χ4n) is 13.0. The molecule has 6 N–H and O–H groups in total. The smallest absolute Gasteiger partial charge is 0.246 e. The summed E-state index contributed by atoms with van der Waals surface area (Å²) in [5.41, 5.74) is 5.76. The molecule has 4 aliphatic rings. The minimum atomic E-state index is -0.666. The summed E-state index contributed by atoms with van der Waals surface area (Å²) in [5.74, 6) is -1.25. The molecule has 86 heavy (non-hydrogen) atoms. The number of nitrogens with zero attached hydrogens (tertiary/aromatic N) is 8. The Morgan fingerprint density at radius 2 is 0.872 bits per heavy atom. The van der Waals surface area contributed by atoms with Gasteiger partial charge in [-0.1, -0.05) is 147 Å². The quantitative estimate of drug-likeness (QED) is 0.0279. The third-order valence-electron chi connectivity index (χ3n) is 18.3. The van der Waals surface area contributed by atoms with Gasteiger partial charge in [0.1, 0.15) is 35.6 Å². The van der Waals surface area contributed by atoms with Crippen LogP contribution in [0.5, 0.6) is 0 Å². The lowest BCUT2D eigenvalue weighted by Crippen LogP contribution is -2.58. The Bertz CT molecular complexity index is 2790. The van der Waals surface area contributed by atoms with Gasteiger partial charge in [-0.25, -0.2) is 0 Å². The summed E-state index contributed by atoms with van der Waals surface area (Å²) in [5, 5.41) is 36.4. The predicted octanol–water partition coefficient (Wildman–Crippen LogP) is 6.94. The number of hydrogen-bond acceptors (Lipinski definition) is 12. The van der Waals surface area contributed by atoms with Crippen molar-refractivity contribution in [2.45, 2.75) is 229 Å². The highest BCUT2D eigenvalue weighted by molar-refractivity contribution is 5.95. The van der Waals surface area contributed by atoms with Gasteiger partial charge in [-0.3, -0.25) is 38.1 Å². The Morgan fingerprint density at radius 1 is 0.488 bits per heavy atom. The summed E-state index contributed by atoms with van der Waals surface area (Å²) in [4.78, 5) is 85.9. The van der Waals surface area contributed by atoms with Crippen LogP contribution in [0, 0.1) is 0 Å². The first-order valence-electron chi connectivity index (χ1n) is 32.1. The molecular formula is C66H92N14O6. The number of unbranched alkanes of at least 4 members (excludes halogenated alkanes) is 6. The third-order valence-corrected chi connectivity index (χ3v) is 18.3. The molecule has 0 unspecified atom stereocenters. The van der Waals surface area contributed by atoms with Gasteiger partial charge in [0.05, 0.1) is 36.6 Å². The van der Waals surface area contributed by atoms with Crippen LogP contribution in [-0.2, 0) is 54.7 Å². The molecule has 462 valence electrons. The second-order valence-electron chi connectivity index (χ2n) is 24.4. The van der Waals surface area contributed by atoms with E-state index in [-0.39, 0.29) is 47.5 Å². The Morgan fingerprint density at radius 3 is 1.27 bits per heavy atom. The topological polar surface area (TPSA) is 242 Å². The average Bonchev–Trinajstić information content (AvgIpc) is 2.28. The van der Waals surface area contributed by atoms with E-state index < -0.39 is 48.3 Å². The Balaban J connectivity index is 0.679. The van der Waals surface area contributed by atoms with Gasteiger partial charge in [-0.05, 0) is 140 Å². The number of hydrogen-bond donors (Lipinski definition) is 6. The third kappa shape index (κ3) is 16.6. The zero-order valence-corrected chi connectivity index (χ0v) is 51.0.